The fourth-order valence-corrected chi connectivity index (χ4v) is 2.89. The SMILES string of the molecule is OCCN(Cc1ccccc1)Cc1ccc(OCc2ccccc2)cc1. The summed E-state index contributed by atoms with van der Waals surface area (Å²) in [5.41, 5.74) is 3.62. The molecule has 3 aromatic rings. The van der Waals surface area contributed by atoms with Crippen molar-refractivity contribution in [1.82, 2.24) is 4.90 Å². The van der Waals surface area contributed by atoms with Crippen molar-refractivity contribution in [3.8, 4) is 5.75 Å². The van der Waals surface area contributed by atoms with E-state index in [4.69, 9.17) is 4.74 Å². The van der Waals surface area contributed by atoms with Crippen molar-refractivity contribution in [1.29, 1.82) is 0 Å². The Bertz CT molecular complexity index is 757. The smallest absolute Gasteiger partial charge is 0.119 e. The molecule has 0 fully saturated rings. The van der Waals surface area contributed by atoms with Gasteiger partial charge in [0, 0.05) is 19.6 Å². The van der Waals surface area contributed by atoms with Gasteiger partial charge in [-0.2, -0.15) is 0 Å². The molecule has 3 rings (SSSR count). The molecular formula is C23H25NO2. The van der Waals surface area contributed by atoms with E-state index in [1.54, 1.807) is 0 Å². The first kappa shape index (κ1) is 18.2. The highest BCUT2D eigenvalue weighted by molar-refractivity contribution is 5.28. The number of aliphatic hydroxyl groups is 1. The van der Waals surface area contributed by atoms with E-state index in [1.807, 2.05) is 48.5 Å². The number of hydrogen-bond donors (Lipinski definition) is 1. The lowest BCUT2D eigenvalue weighted by Crippen LogP contribution is -2.26. The summed E-state index contributed by atoms with van der Waals surface area (Å²) in [7, 11) is 0. The molecule has 0 unspecified atom stereocenters. The van der Waals surface area contributed by atoms with E-state index in [1.165, 1.54) is 11.1 Å². The molecule has 3 aromatic carbocycles. The zero-order chi connectivity index (χ0) is 18.0. The molecular weight excluding hydrogens is 322 g/mol. The summed E-state index contributed by atoms with van der Waals surface area (Å²) in [6, 6.07) is 28.7. The first-order valence-electron chi connectivity index (χ1n) is 8.96. The van der Waals surface area contributed by atoms with E-state index < -0.39 is 0 Å². The summed E-state index contributed by atoms with van der Waals surface area (Å²) in [5.74, 6) is 0.870. The molecule has 0 aliphatic carbocycles. The standard InChI is InChI=1S/C23H25NO2/c25-16-15-24(17-20-7-3-1-4-8-20)18-21-11-13-23(14-12-21)26-19-22-9-5-2-6-10-22/h1-14,25H,15-19H2. The Morgan fingerprint density at radius 1 is 0.654 bits per heavy atom. The highest BCUT2D eigenvalue weighted by Crippen LogP contribution is 2.16. The number of ether oxygens (including phenoxy) is 1. The molecule has 0 saturated carbocycles. The number of hydrogen-bond acceptors (Lipinski definition) is 3. The molecule has 0 saturated heterocycles. The highest BCUT2D eigenvalue weighted by Gasteiger charge is 2.07. The van der Waals surface area contributed by atoms with E-state index in [0.717, 1.165) is 24.4 Å². The van der Waals surface area contributed by atoms with Gasteiger partial charge in [0.25, 0.3) is 0 Å². The van der Waals surface area contributed by atoms with Crippen molar-refractivity contribution >= 4 is 0 Å². The van der Waals surface area contributed by atoms with Crippen molar-refractivity contribution < 1.29 is 9.84 Å². The molecule has 0 aliphatic rings. The second-order valence-electron chi connectivity index (χ2n) is 6.34. The number of benzene rings is 3. The van der Waals surface area contributed by atoms with Gasteiger partial charge in [-0.25, -0.2) is 0 Å². The van der Waals surface area contributed by atoms with Gasteiger partial charge in [-0.1, -0.05) is 72.8 Å². The maximum absolute atomic E-state index is 9.35. The molecule has 0 heterocycles. The molecule has 0 atom stereocenters. The Kier molecular flexibility index (Phi) is 6.82. The first-order chi connectivity index (χ1) is 12.8. The maximum atomic E-state index is 9.35. The second-order valence-corrected chi connectivity index (χ2v) is 6.34. The molecule has 0 spiro atoms. The highest BCUT2D eigenvalue weighted by atomic mass is 16.5. The molecule has 0 aliphatic heterocycles. The van der Waals surface area contributed by atoms with E-state index in [-0.39, 0.29) is 6.61 Å². The Morgan fingerprint density at radius 2 is 1.19 bits per heavy atom. The first-order valence-corrected chi connectivity index (χ1v) is 8.96. The van der Waals surface area contributed by atoms with Crippen LogP contribution in [-0.4, -0.2) is 23.2 Å². The predicted molar refractivity (Wildman–Crippen MR) is 105 cm³/mol. The van der Waals surface area contributed by atoms with E-state index >= 15 is 0 Å². The third kappa shape index (κ3) is 5.73. The molecule has 1 N–H and O–H groups in total. The van der Waals surface area contributed by atoms with Crippen molar-refractivity contribution in [2.24, 2.45) is 0 Å². The lowest BCUT2D eigenvalue weighted by atomic mass is 10.1. The topological polar surface area (TPSA) is 32.7 Å². The minimum absolute atomic E-state index is 0.158. The van der Waals surface area contributed by atoms with Crippen molar-refractivity contribution in [3.05, 3.63) is 102 Å². The molecule has 26 heavy (non-hydrogen) atoms. The minimum atomic E-state index is 0.158. The minimum Gasteiger partial charge on any atom is -0.489 e. The lowest BCUT2D eigenvalue weighted by Gasteiger charge is -2.21. The van der Waals surface area contributed by atoms with Crippen molar-refractivity contribution in [3.63, 3.8) is 0 Å². The van der Waals surface area contributed by atoms with Gasteiger partial charge < -0.3 is 9.84 Å². The summed E-state index contributed by atoms with van der Waals surface area (Å²) < 4.78 is 5.84. The van der Waals surface area contributed by atoms with Crippen LogP contribution in [0.2, 0.25) is 0 Å². The molecule has 0 bridgehead atoms. The van der Waals surface area contributed by atoms with Gasteiger partial charge in [0.1, 0.15) is 12.4 Å². The summed E-state index contributed by atoms with van der Waals surface area (Å²) in [6.07, 6.45) is 0. The average Bonchev–Trinajstić information content (AvgIpc) is 2.69. The predicted octanol–water partition coefficient (Wildman–Crippen LogP) is 4.26. The third-order valence-electron chi connectivity index (χ3n) is 4.24. The molecule has 0 amide bonds. The van der Waals surface area contributed by atoms with Gasteiger partial charge in [0.05, 0.1) is 6.61 Å². The van der Waals surface area contributed by atoms with Crippen LogP contribution >= 0.6 is 0 Å². The Balaban J connectivity index is 1.56. The van der Waals surface area contributed by atoms with Crippen molar-refractivity contribution in [2.75, 3.05) is 13.2 Å². The van der Waals surface area contributed by atoms with Gasteiger partial charge in [0.15, 0.2) is 0 Å². The molecule has 3 heteroatoms. The monoisotopic (exact) mass is 347 g/mol. The van der Waals surface area contributed by atoms with Gasteiger partial charge >= 0.3 is 0 Å². The lowest BCUT2D eigenvalue weighted by molar-refractivity contribution is 0.184. The number of nitrogens with zero attached hydrogens (tertiary/aromatic N) is 1. The largest absolute Gasteiger partial charge is 0.489 e. The Labute approximate surface area is 155 Å². The Morgan fingerprint density at radius 3 is 1.77 bits per heavy atom. The normalized spacial score (nSPS) is 10.8. The van der Waals surface area contributed by atoms with Crippen LogP contribution in [0.25, 0.3) is 0 Å². The van der Waals surface area contributed by atoms with Crippen LogP contribution in [0.4, 0.5) is 0 Å². The summed E-state index contributed by atoms with van der Waals surface area (Å²) in [4.78, 5) is 2.25. The molecule has 0 aromatic heterocycles. The third-order valence-corrected chi connectivity index (χ3v) is 4.24. The van der Waals surface area contributed by atoms with Crippen LogP contribution in [0, 0.1) is 0 Å². The van der Waals surface area contributed by atoms with Crippen LogP contribution in [0.1, 0.15) is 16.7 Å². The summed E-state index contributed by atoms with van der Waals surface area (Å²) in [6.45, 7) is 3.01. The van der Waals surface area contributed by atoms with Crippen LogP contribution in [-0.2, 0) is 19.7 Å². The summed E-state index contributed by atoms with van der Waals surface area (Å²) >= 11 is 0. The number of aliphatic hydroxyl groups excluding tert-OH is 1. The van der Waals surface area contributed by atoms with E-state index in [2.05, 4.69) is 41.3 Å². The average molecular weight is 347 g/mol. The zero-order valence-corrected chi connectivity index (χ0v) is 14.9. The second kappa shape index (κ2) is 9.76. The van der Waals surface area contributed by atoms with Crippen LogP contribution in [0.15, 0.2) is 84.9 Å². The van der Waals surface area contributed by atoms with Crippen LogP contribution in [0.3, 0.4) is 0 Å². The maximum Gasteiger partial charge on any atom is 0.119 e. The van der Waals surface area contributed by atoms with E-state index in [9.17, 15) is 5.11 Å². The zero-order valence-electron chi connectivity index (χ0n) is 14.9. The fraction of sp³-hybridized carbons (Fsp3) is 0.217. The molecule has 3 nitrogen and oxygen atoms in total. The molecule has 0 radical (unpaired) electrons. The summed E-state index contributed by atoms with van der Waals surface area (Å²) in [5, 5.41) is 9.35. The van der Waals surface area contributed by atoms with Gasteiger partial charge in [-0.15, -0.1) is 0 Å². The van der Waals surface area contributed by atoms with Crippen LogP contribution in [0.5, 0.6) is 5.75 Å². The molecule has 134 valence electrons. The van der Waals surface area contributed by atoms with Crippen LogP contribution < -0.4 is 4.74 Å². The number of rotatable bonds is 9. The Hall–Kier alpha value is -2.62. The van der Waals surface area contributed by atoms with Crippen molar-refractivity contribution in [2.45, 2.75) is 19.7 Å². The van der Waals surface area contributed by atoms with Gasteiger partial charge in [0.2, 0.25) is 0 Å². The van der Waals surface area contributed by atoms with Gasteiger partial charge in [-0.3, -0.25) is 4.90 Å². The van der Waals surface area contributed by atoms with Gasteiger partial charge in [-0.05, 0) is 28.8 Å². The fourth-order valence-electron chi connectivity index (χ4n) is 2.89. The van der Waals surface area contributed by atoms with E-state index in [0.29, 0.717) is 13.2 Å². The quantitative estimate of drug-likeness (QED) is 0.628.